The lowest BCUT2D eigenvalue weighted by Crippen LogP contribution is -2.63. The lowest BCUT2D eigenvalue weighted by Gasteiger charge is -2.44. The fraction of sp³-hybridized carbons (Fsp3) is 0.588. The maximum absolute atomic E-state index is 12.8. The third-order valence-corrected chi connectivity index (χ3v) is 6.57. The van der Waals surface area contributed by atoms with Gasteiger partial charge in [-0.2, -0.15) is 0 Å². The third-order valence-electron chi connectivity index (χ3n) is 4.87. The van der Waals surface area contributed by atoms with Crippen LogP contribution in [0.3, 0.4) is 0 Å². The van der Waals surface area contributed by atoms with Gasteiger partial charge in [0, 0.05) is 25.5 Å². The van der Waals surface area contributed by atoms with Crippen molar-refractivity contribution in [1.82, 2.24) is 19.7 Å². The molecule has 2 atom stereocenters. The third kappa shape index (κ3) is 4.04. The number of pyridine rings is 1. The maximum Gasteiger partial charge on any atom is 0.237 e. The average Bonchev–Trinajstić information content (AvgIpc) is 2.88. The number of carbonyl (C=O) groups is 2. The zero-order valence-corrected chi connectivity index (χ0v) is 15.9. The Kier molecular flexibility index (Phi) is 5.29. The fourth-order valence-electron chi connectivity index (χ4n) is 3.71. The van der Waals surface area contributed by atoms with Crippen molar-refractivity contribution in [3.05, 3.63) is 30.1 Å². The summed E-state index contributed by atoms with van der Waals surface area (Å²) in [4.78, 5) is 34.3. The van der Waals surface area contributed by atoms with Gasteiger partial charge in [0.1, 0.15) is 0 Å². The van der Waals surface area contributed by atoms with E-state index in [1.165, 1.54) is 0 Å². The molecule has 2 amide bonds. The van der Waals surface area contributed by atoms with E-state index in [1.54, 1.807) is 53.3 Å². The molecular formula is C17H24N4O4S. The molecule has 142 valence electrons. The lowest BCUT2D eigenvalue weighted by atomic mass is 10.0. The van der Waals surface area contributed by atoms with Crippen molar-refractivity contribution < 1.29 is 18.0 Å². The van der Waals surface area contributed by atoms with Gasteiger partial charge in [-0.15, -0.1) is 0 Å². The van der Waals surface area contributed by atoms with Crippen LogP contribution in [0.2, 0.25) is 0 Å². The van der Waals surface area contributed by atoms with Gasteiger partial charge in [0.15, 0.2) is 9.84 Å². The zero-order valence-electron chi connectivity index (χ0n) is 15.0. The average molecular weight is 380 g/mol. The Morgan fingerprint density at radius 3 is 2.15 bits per heavy atom. The monoisotopic (exact) mass is 380 g/mol. The van der Waals surface area contributed by atoms with Crippen molar-refractivity contribution in [3.8, 4) is 0 Å². The number of carbonyl (C=O) groups excluding carboxylic acids is 2. The molecule has 3 rings (SSSR count). The minimum Gasteiger partial charge on any atom is -0.335 e. The summed E-state index contributed by atoms with van der Waals surface area (Å²) >= 11 is 0. The molecule has 9 heteroatoms. The molecule has 26 heavy (non-hydrogen) atoms. The number of likely N-dealkylation sites (N-methyl/N-ethyl adjacent to an activating group) is 1. The van der Waals surface area contributed by atoms with Gasteiger partial charge < -0.3 is 14.7 Å². The highest BCUT2D eigenvalue weighted by atomic mass is 32.2. The van der Waals surface area contributed by atoms with Crippen LogP contribution in [0.5, 0.6) is 0 Å². The molecule has 2 aliphatic heterocycles. The Morgan fingerprint density at radius 1 is 1.08 bits per heavy atom. The highest BCUT2D eigenvalue weighted by Crippen LogP contribution is 2.27. The molecular weight excluding hydrogens is 356 g/mol. The highest BCUT2D eigenvalue weighted by Gasteiger charge is 2.49. The van der Waals surface area contributed by atoms with Crippen LogP contribution in [0.4, 0.5) is 0 Å². The van der Waals surface area contributed by atoms with E-state index in [2.05, 4.69) is 4.98 Å². The molecule has 1 aromatic rings. The van der Waals surface area contributed by atoms with Gasteiger partial charge in [0.2, 0.25) is 11.8 Å². The molecule has 2 saturated heterocycles. The van der Waals surface area contributed by atoms with Crippen LogP contribution in [-0.2, 0) is 25.8 Å². The van der Waals surface area contributed by atoms with Gasteiger partial charge in [-0.05, 0) is 31.8 Å². The molecule has 2 aliphatic rings. The van der Waals surface area contributed by atoms with Crippen LogP contribution in [0.1, 0.15) is 5.56 Å². The van der Waals surface area contributed by atoms with Gasteiger partial charge in [-0.25, -0.2) is 8.42 Å². The van der Waals surface area contributed by atoms with Gasteiger partial charge in [0.05, 0.1) is 36.6 Å². The predicted molar refractivity (Wildman–Crippen MR) is 96.2 cm³/mol. The minimum atomic E-state index is -3.27. The SMILES string of the molecule is CN(C)CC(=O)N1CCN(C(=O)Cc2ccncc2)[C@@H]2CS(=O)(=O)C[C@@H]21. The summed E-state index contributed by atoms with van der Waals surface area (Å²) in [7, 11) is 0.327. The summed E-state index contributed by atoms with van der Waals surface area (Å²) in [6, 6.07) is 2.63. The lowest BCUT2D eigenvalue weighted by molar-refractivity contribution is -0.145. The van der Waals surface area contributed by atoms with Crippen molar-refractivity contribution in [2.75, 3.05) is 45.2 Å². The quantitative estimate of drug-likeness (QED) is 0.667. The molecule has 0 aromatic carbocycles. The molecule has 0 unspecified atom stereocenters. The number of fused-ring (bicyclic) bond motifs is 1. The molecule has 0 spiro atoms. The van der Waals surface area contributed by atoms with Crippen LogP contribution >= 0.6 is 0 Å². The maximum atomic E-state index is 12.8. The molecule has 2 fully saturated rings. The second kappa shape index (κ2) is 7.32. The van der Waals surface area contributed by atoms with Gasteiger partial charge in [0.25, 0.3) is 0 Å². The molecule has 0 N–H and O–H groups in total. The summed E-state index contributed by atoms with van der Waals surface area (Å²) in [6.45, 7) is 0.958. The summed E-state index contributed by atoms with van der Waals surface area (Å²) in [5.41, 5.74) is 0.841. The number of rotatable bonds is 4. The topological polar surface area (TPSA) is 90.9 Å². The first-order valence-corrected chi connectivity index (χ1v) is 10.4. The van der Waals surface area contributed by atoms with E-state index < -0.39 is 21.9 Å². The van der Waals surface area contributed by atoms with Crippen molar-refractivity contribution in [2.24, 2.45) is 0 Å². The zero-order chi connectivity index (χ0) is 18.9. The van der Waals surface area contributed by atoms with E-state index in [0.29, 0.717) is 13.1 Å². The highest BCUT2D eigenvalue weighted by molar-refractivity contribution is 7.91. The number of hydrogen-bond acceptors (Lipinski definition) is 6. The summed E-state index contributed by atoms with van der Waals surface area (Å²) in [6.07, 6.45) is 3.46. The van der Waals surface area contributed by atoms with Crippen LogP contribution in [0, 0.1) is 0 Å². The molecule has 0 bridgehead atoms. The predicted octanol–water partition coefficient (Wildman–Crippen LogP) is -0.978. The first-order valence-electron chi connectivity index (χ1n) is 8.60. The Morgan fingerprint density at radius 2 is 1.62 bits per heavy atom. The largest absolute Gasteiger partial charge is 0.335 e. The number of amides is 2. The first-order chi connectivity index (χ1) is 12.3. The summed E-state index contributed by atoms with van der Waals surface area (Å²) in [5, 5.41) is 0. The minimum absolute atomic E-state index is 0.0735. The Bertz CT molecular complexity index is 781. The van der Waals surface area contributed by atoms with E-state index in [9.17, 15) is 18.0 Å². The Hall–Kier alpha value is -2.00. The van der Waals surface area contributed by atoms with Crippen molar-refractivity contribution in [3.63, 3.8) is 0 Å². The molecule has 0 radical (unpaired) electrons. The van der Waals surface area contributed by atoms with E-state index in [1.807, 2.05) is 0 Å². The van der Waals surface area contributed by atoms with Crippen molar-refractivity contribution in [2.45, 2.75) is 18.5 Å². The summed E-state index contributed by atoms with van der Waals surface area (Å²) in [5.74, 6) is -0.354. The first kappa shape index (κ1) is 18.8. The van der Waals surface area contributed by atoms with E-state index >= 15 is 0 Å². The van der Waals surface area contributed by atoms with Crippen LogP contribution in [0.15, 0.2) is 24.5 Å². The van der Waals surface area contributed by atoms with Crippen LogP contribution < -0.4 is 0 Å². The Balaban J connectivity index is 1.78. The molecule has 0 saturated carbocycles. The number of hydrogen-bond donors (Lipinski definition) is 0. The number of nitrogens with zero attached hydrogens (tertiary/aromatic N) is 4. The standard InChI is InChI=1S/C17H24N4O4S/c1-19(2)10-17(23)21-8-7-20(14-11-26(24,25)12-15(14)21)16(22)9-13-3-5-18-6-4-13/h3-6,14-15H,7-12H2,1-2H3/t14-,15+/m1/s1. The fourth-order valence-corrected chi connectivity index (χ4v) is 5.69. The summed E-state index contributed by atoms with van der Waals surface area (Å²) < 4.78 is 24.4. The van der Waals surface area contributed by atoms with E-state index in [-0.39, 0.29) is 36.3 Å². The Labute approximate surface area is 153 Å². The number of sulfone groups is 1. The normalized spacial score (nSPS) is 24.6. The molecule has 1 aromatic heterocycles. The number of piperazine rings is 1. The smallest absolute Gasteiger partial charge is 0.237 e. The van der Waals surface area contributed by atoms with Crippen molar-refractivity contribution in [1.29, 1.82) is 0 Å². The van der Waals surface area contributed by atoms with Crippen LogP contribution in [-0.4, -0.2) is 97.2 Å². The molecule has 8 nitrogen and oxygen atoms in total. The molecule has 3 heterocycles. The van der Waals surface area contributed by atoms with Gasteiger partial charge >= 0.3 is 0 Å². The van der Waals surface area contributed by atoms with Crippen LogP contribution in [0.25, 0.3) is 0 Å². The number of aromatic nitrogens is 1. The second-order valence-corrected chi connectivity index (χ2v) is 9.31. The van der Waals surface area contributed by atoms with Gasteiger partial charge in [-0.1, -0.05) is 0 Å². The van der Waals surface area contributed by atoms with E-state index in [0.717, 1.165) is 5.56 Å². The second-order valence-electron chi connectivity index (χ2n) is 7.16. The van der Waals surface area contributed by atoms with Gasteiger partial charge in [-0.3, -0.25) is 14.6 Å². The van der Waals surface area contributed by atoms with Crippen molar-refractivity contribution >= 4 is 21.7 Å². The van der Waals surface area contributed by atoms with E-state index in [4.69, 9.17) is 0 Å². The molecule has 0 aliphatic carbocycles.